The fourth-order valence-corrected chi connectivity index (χ4v) is 2.24. The second-order valence-corrected chi connectivity index (χ2v) is 4.94. The first kappa shape index (κ1) is 13.8. The largest absolute Gasteiger partial charge is 0.310 e. The number of aryl methyl sites for hydroxylation is 1. The second-order valence-electron chi connectivity index (χ2n) is 4.94. The van der Waals surface area contributed by atoms with Gasteiger partial charge in [0, 0.05) is 18.9 Å². The molecular weight excluding hydrogens is 240 g/mol. The minimum atomic E-state index is -0.0986. The lowest BCUT2D eigenvalue weighted by molar-refractivity contribution is 0.503. The Balaban J connectivity index is 1.78. The summed E-state index contributed by atoms with van der Waals surface area (Å²) in [4.78, 5) is 16.1. The lowest BCUT2D eigenvalue weighted by Crippen LogP contribution is -2.24. The molecule has 5 heteroatoms. The van der Waals surface area contributed by atoms with E-state index in [9.17, 15) is 4.79 Å². The number of hydrogen-bond donors (Lipinski definition) is 0. The van der Waals surface area contributed by atoms with Crippen molar-refractivity contribution in [3.63, 3.8) is 0 Å². The van der Waals surface area contributed by atoms with Gasteiger partial charge in [0.2, 0.25) is 5.65 Å². The normalized spacial score (nSPS) is 11.2. The maximum Gasteiger partial charge on any atom is 0.310 e. The number of fused-ring (bicyclic) bond motifs is 1. The molecule has 0 unspecified atom stereocenters. The monoisotopic (exact) mass is 262 g/mol. The molecule has 0 aromatic carbocycles. The van der Waals surface area contributed by atoms with Crippen LogP contribution in [-0.4, -0.2) is 19.2 Å². The van der Waals surface area contributed by atoms with Crippen molar-refractivity contribution in [3.05, 3.63) is 29.1 Å². The van der Waals surface area contributed by atoms with Gasteiger partial charge in [-0.2, -0.15) is 5.10 Å². The van der Waals surface area contributed by atoms with Crippen LogP contribution in [0.4, 0.5) is 0 Å². The van der Waals surface area contributed by atoms with E-state index in [4.69, 9.17) is 0 Å². The topological polar surface area (TPSA) is 52.2 Å². The Morgan fingerprint density at radius 3 is 2.63 bits per heavy atom. The van der Waals surface area contributed by atoms with Crippen molar-refractivity contribution < 1.29 is 0 Å². The van der Waals surface area contributed by atoms with E-state index in [2.05, 4.69) is 17.0 Å². The van der Waals surface area contributed by atoms with Gasteiger partial charge in [-0.3, -0.25) is 9.20 Å². The van der Waals surface area contributed by atoms with Crippen molar-refractivity contribution in [2.45, 2.75) is 58.4 Å². The van der Waals surface area contributed by atoms with E-state index in [1.165, 1.54) is 36.8 Å². The highest BCUT2D eigenvalue weighted by Crippen LogP contribution is 2.07. The van der Waals surface area contributed by atoms with E-state index in [1.54, 1.807) is 23.1 Å². The third-order valence-electron chi connectivity index (χ3n) is 3.38. The standard InChI is InChI=1S/C14H22N4O/c1-2-3-4-5-6-7-8-10-18-14(19)13-15-9-11-17(13)12-16-18/h9,11-12H,2-8,10H2,1H3. The smallest absolute Gasteiger partial charge is 0.284 e. The molecule has 5 nitrogen and oxygen atoms in total. The van der Waals surface area contributed by atoms with E-state index in [1.807, 2.05) is 0 Å². The molecule has 0 N–H and O–H groups in total. The average molecular weight is 262 g/mol. The summed E-state index contributed by atoms with van der Waals surface area (Å²) in [5.41, 5.74) is 0.358. The lowest BCUT2D eigenvalue weighted by atomic mass is 10.1. The van der Waals surface area contributed by atoms with Crippen molar-refractivity contribution in [1.82, 2.24) is 19.2 Å². The summed E-state index contributed by atoms with van der Waals surface area (Å²) in [6.45, 7) is 2.92. The maximum absolute atomic E-state index is 12.0. The van der Waals surface area contributed by atoms with Crippen molar-refractivity contribution in [2.24, 2.45) is 0 Å². The van der Waals surface area contributed by atoms with Crippen molar-refractivity contribution >= 4 is 5.65 Å². The van der Waals surface area contributed by atoms with Crippen LogP contribution in [-0.2, 0) is 6.54 Å². The van der Waals surface area contributed by atoms with Gasteiger partial charge in [-0.1, -0.05) is 45.4 Å². The molecule has 19 heavy (non-hydrogen) atoms. The molecule has 0 aliphatic heterocycles. The molecule has 0 aliphatic rings. The van der Waals surface area contributed by atoms with Crippen molar-refractivity contribution in [1.29, 1.82) is 0 Å². The SMILES string of the molecule is CCCCCCCCCn1ncn2ccnc2c1=O. The molecule has 0 atom stereocenters. The molecule has 0 bridgehead atoms. The van der Waals surface area contributed by atoms with Crippen LogP contribution in [0.25, 0.3) is 5.65 Å². The van der Waals surface area contributed by atoms with Crippen LogP contribution in [0.2, 0.25) is 0 Å². The van der Waals surface area contributed by atoms with Crippen LogP contribution in [0.5, 0.6) is 0 Å². The summed E-state index contributed by atoms with van der Waals surface area (Å²) in [5.74, 6) is 0. The molecule has 0 saturated heterocycles. The van der Waals surface area contributed by atoms with Gasteiger partial charge < -0.3 is 0 Å². The minimum Gasteiger partial charge on any atom is -0.284 e. The molecule has 0 radical (unpaired) electrons. The van der Waals surface area contributed by atoms with E-state index >= 15 is 0 Å². The van der Waals surface area contributed by atoms with E-state index in [0.717, 1.165) is 12.8 Å². The number of unbranched alkanes of at least 4 members (excludes halogenated alkanes) is 6. The Hall–Kier alpha value is -1.65. The van der Waals surface area contributed by atoms with Crippen LogP contribution in [0, 0.1) is 0 Å². The maximum atomic E-state index is 12.0. The zero-order valence-electron chi connectivity index (χ0n) is 11.6. The van der Waals surface area contributed by atoms with Crippen LogP contribution in [0.1, 0.15) is 51.9 Å². The summed E-state index contributed by atoms with van der Waals surface area (Å²) in [6.07, 6.45) is 13.7. The fraction of sp³-hybridized carbons (Fsp3) is 0.643. The van der Waals surface area contributed by atoms with Crippen molar-refractivity contribution in [2.75, 3.05) is 0 Å². The van der Waals surface area contributed by atoms with E-state index in [0.29, 0.717) is 12.2 Å². The molecule has 2 heterocycles. The third-order valence-corrected chi connectivity index (χ3v) is 3.38. The van der Waals surface area contributed by atoms with Gasteiger partial charge in [0.15, 0.2) is 0 Å². The highest BCUT2D eigenvalue weighted by molar-refractivity contribution is 5.33. The number of aromatic nitrogens is 4. The quantitative estimate of drug-likeness (QED) is 0.687. The zero-order valence-corrected chi connectivity index (χ0v) is 11.6. The molecule has 2 aromatic rings. The molecule has 0 spiro atoms. The Kier molecular flexibility index (Phi) is 5.12. The van der Waals surface area contributed by atoms with E-state index < -0.39 is 0 Å². The van der Waals surface area contributed by atoms with Gasteiger partial charge in [0.25, 0.3) is 0 Å². The van der Waals surface area contributed by atoms with Gasteiger partial charge in [0.05, 0.1) is 0 Å². The Morgan fingerprint density at radius 2 is 1.84 bits per heavy atom. The lowest BCUT2D eigenvalue weighted by Gasteiger charge is -2.04. The fourth-order valence-electron chi connectivity index (χ4n) is 2.24. The Bertz CT molecular complexity index is 558. The number of hydrogen-bond acceptors (Lipinski definition) is 3. The first-order chi connectivity index (χ1) is 9.33. The highest BCUT2D eigenvalue weighted by Gasteiger charge is 2.04. The zero-order chi connectivity index (χ0) is 13.5. The van der Waals surface area contributed by atoms with E-state index in [-0.39, 0.29) is 5.56 Å². The number of nitrogens with zero attached hydrogens (tertiary/aromatic N) is 4. The second kappa shape index (κ2) is 7.07. The van der Waals surface area contributed by atoms with Crippen LogP contribution < -0.4 is 5.56 Å². The van der Waals surface area contributed by atoms with Gasteiger partial charge in [-0.05, 0) is 6.42 Å². The first-order valence-corrected chi connectivity index (χ1v) is 7.21. The summed E-state index contributed by atoms with van der Waals surface area (Å²) in [7, 11) is 0. The number of rotatable bonds is 8. The average Bonchev–Trinajstić information content (AvgIpc) is 2.89. The summed E-state index contributed by atoms with van der Waals surface area (Å²) in [6, 6.07) is 0. The van der Waals surface area contributed by atoms with Gasteiger partial charge in [-0.15, -0.1) is 0 Å². The van der Waals surface area contributed by atoms with Crippen LogP contribution in [0.15, 0.2) is 23.5 Å². The Labute approximate surface area is 113 Å². The van der Waals surface area contributed by atoms with Crippen LogP contribution in [0.3, 0.4) is 0 Å². The summed E-state index contributed by atoms with van der Waals surface area (Å²) < 4.78 is 3.18. The molecule has 0 aliphatic carbocycles. The summed E-state index contributed by atoms with van der Waals surface area (Å²) >= 11 is 0. The first-order valence-electron chi connectivity index (χ1n) is 7.21. The van der Waals surface area contributed by atoms with Gasteiger partial charge >= 0.3 is 5.56 Å². The molecule has 0 amide bonds. The molecule has 0 saturated carbocycles. The van der Waals surface area contributed by atoms with Gasteiger partial charge in [0.1, 0.15) is 6.33 Å². The number of imidazole rings is 1. The molecular formula is C14H22N4O. The van der Waals surface area contributed by atoms with Crippen molar-refractivity contribution in [3.8, 4) is 0 Å². The Morgan fingerprint density at radius 1 is 1.11 bits per heavy atom. The molecule has 0 fully saturated rings. The van der Waals surface area contributed by atoms with Crippen LogP contribution >= 0.6 is 0 Å². The summed E-state index contributed by atoms with van der Waals surface area (Å²) in [5, 5.41) is 4.15. The molecule has 2 rings (SSSR count). The predicted octanol–water partition coefficient (Wildman–Crippen LogP) is 2.64. The molecule has 2 aromatic heterocycles. The molecule has 104 valence electrons. The highest BCUT2D eigenvalue weighted by atomic mass is 16.1. The van der Waals surface area contributed by atoms with Gasteiger partial charge in [-0.25, -0.2) is 9.67 Å². The predicted molar refractivity (Wildman–Crippen MR) is 75.2 cm³/mol. The minimum absolute atomic E-state index is 0.0986. The third kappa shape index (κ3) is 3.66.